The molecule has 1 N–H and O–H groups in total. The molecule has 3 aromatic heterocycles. The lowest BCUT2D eigenvalue weighted by molar-refractivity contribution is 0.101. The number of amides is 1. The number of hydrogen-bond acceptors (Lipinski definition) is 7. The van der Waals surface area contributed by atoms with Crippen molar-refractivity contribution in [1.82, 2.24) is 19.9 Å². The number of rotatable bonds is 6. The van der Waals surface area contributed by atoms with Crippen LogP contribution in [0.4, 0.5) is 5.13 Å². The van der Waals surface area contributed by atoms with Gasteiger partial charge in [-0.3, -0.25) is 14.8 Å². The predicted octanol–water partition coefficient (Wildman–Crippen LogP) is 4.60. The van der Waals surface area contributed by atoms with E-state index < -0.39 is 0 Å². The van der Waals surface area contributed by atoms with Gasteiger partial charge in [0, 0.05) is 23.7 Å². The highest BCUT2D eigenvalue weighted by molar-refractivity contribution is 7.14. The minimum absolute atomic E-state index is 0.181. The maximum atomic E-state index is 12.9. The van der Waals surface area contributed by atoms with Crippen molar-refractivity contribution in [2.45, 2.75) is 34.3 Å². The number of hydrogen-bond donors (Lipinski definition) is 1. The molecule has 1 amide bonds. The van der Waals surface area contributed by atoms with Gasteiger partial charge in [0.15, 0.2) is 10.8 Å². The number of carbonyl (C=O) groups excluding carboxylic acids is 1. The van der Waals surface area contributed by atoms with Crippen LogP contribution in [0.15, 0.2) is 34.3 Å². The zero-order valence-corrected chi connectivity index (χ0v) is 18.8. The molecular formula is C22H23N5O3S. The number of nitrogens with zero attached hydrogens (tertiary/aromatic N) is 4. The molecular weight excluding hydrogens is 414 g/mol. The van der Waals surface area contributed by atoms with Crippen molar-refractivity contribution in [3.05, 3.63) is 63.6 Å². The van der Waals surface area contributed by atoms with E-state index in [1.54, 1.807) is 17.8 Å². The molecule has 3 heterocycles. The predicted molar refractivity (Wildman–Crippen MR) is 118 cm³/mol. The topological polar surface area (TPSA) is 95.1 Å². The smallest absolute Gasteiger partial charge is 0.280 e. The third kappa shape index (κ3) is 4.09. The third-order valence-electron chi connectivity index (χ3n) is 5.36. The van der Waals surface area contributed by atoms with Crippen LogP contribution >= 0.6 is 11.3 Å². The van der Waals surface area contributed by atoms with Crippen molar-refractivity contribution in [3.8, 4) is 17.0 Å². The van der Waals surface area contributed by atoms with Gasteiger partial charge in [-0.25, -0.2) is 4.98 Å². The lowest BCUT2D eigenvalue weighted by Crippen LogP contribution is -2.15. The number of benzene rings is 1. The summed E-state index contributed by atoms with van der Waals surface area (Å²) < 4.78 is 13.0. The van der Waals surface area contributed by atoms with Gasteiger partial charge in [0.25, 0.3) is 5.91 Å². The van der Waals surface area contributed by atoms with Gasteiger partial charge in [0.05, 0.1) is 17.5 Å². The number of ether oxygens (including phenoxy) is 1. The van der Waals surface area contributed by atoms with Gasteiger partial charge < -0.3 is 9.26 Å². The monoisotopic (exact) mass is 437 g/mol. The second kappa shape index (κ2) is 8.35. The van der Waals surface area contributed by atoms with E-state index in [0.29, 0.717) is 16.5 Å². The van der Waals surface area contributed by atoms with Gasteiger partial charge in [-0.15, -0.1) is 11.3 Å². The molecule has 0 aliphatic heterocycles. The SMILES string of the molecule is Cc1cccc(OCc2c(C(=O)Nc3nc(-c4cnn(C)c4C)cs3)noc2C)c1C. The Balaban J connectivity index is 1.50. The Morgan fingerprint density at radius 3 is 2.81 bits per heavy atom. The maximum Gasteiger partial charge on any atom is 0.280 e. The fourth-order valence-corrected chi connectivity index (χ4v) is 3.84. The molecule has 0 unspecified atom stereocenters. The fourth-order valence-electron chi connectivity index (χ4n) is 3.13. The average Bonchev–Trinajstić information content (AvgIpc) is 3.43. The van der Waals surface area contributed by atoms with E-state index in [1.165, 1.54) is 11.3 Å². The quantitative estimate of drug-likeness (QED) is 0.474. The molecule has 160 valence electrons. The highest BCUT2D eigenvalue weighted by Crippen LogP contribution is 2.28. The molecule has 0 bridgehead atoms. The van der Waals surface area contributed by atoms with E-state index in [0.717, 1.165) is 33.8 Å². The van der Waals surface area contributed by atoms with Crippen LogP contribution in [-0.2, 0) is 13.7 Å². The zero-order chi connectivity index (χ0) is 22.1. The summed E-state index contributed by atoms with van der Waals surface area (Å²) >= 11 is 1.34. The molecule has 0 aliphatic rings. The highest BCUT2D eigenvalue weighted by atomic mass is 32.1. The summed E-state index contributed by atoms with van der Waals surface area (Å²) in [6.45, 7) is 7.95. The second-order valence-corrected chi connectivity index (χ2v) is 8.17. The highest BCUT2D eigenvalue weighted by Gasteiger charge is 2.22. The minimum atomic E-state index is -0.389. The van der Waals surface area contributed by atoms with Crippen molar-refractivity contribution >= 4 is 22.4 Å². The Kier molecular flexibility index (Phi) is 5.60. The maximum absolute atomic E-state index is 12.9. The Hall–Kier alpha value is -3.46. The van der Waals surface area contributed by atoms with Crippen LogP contribution in [0.1, 0.15) is 38.6 Å². The molecule has 0 radical (unpaired) electrons. The first-order chi connectivity index (χ1) is 14.8. The normalized spacial score (nSPS) is 11.0. The summed E-state index contributed by atoms with van der Waals surface area (Å²) in [5.74, 6) is 0.921. The first-order valence-electron chi connectivity index (χ1n) is 9.75. The van der Waals surface area contributed by atoms with Crippen LogP contribution in [0.25, 0.3) is 11.3 Å². The Morgan fingerprint density at radius 1 is 1.26 bits per heavy atom. The first-order valence-corrected chi connectivity index (χ1v) is 10.6. The second-order valence-electron chi connectivity index (χ2n) is 7.31. The van der Waals surface area contributed by atoms with E-state index in [-0.39, 0.29) is 18.2 Å². The van der Waals surface area contributed by atoms with Gasteiger partial charge in [0.1, 0.15) is 18.1 Å². The number of aryl methyl sites for hydroxylation is 3. The number of anilines is 1. The van der Waals surface area contributed by atoms with E-state index in [2.05, 4.69) is 20.6 Å². The standard InChI is InChI=1S/C22H23N5O3S/c1-12-7-6-8-19(13(12)2)29-10-17-15(4)30-26-20(17)21(28)25-22-24-18(11-31-22)16-9-23-27(5)14(16)3/h6-9,11H,10H2,1-5H3,(H,24,25,28). The summed E-state index contributed by atoms with van der Waals surface area (Å²) in [5, 5.41) is 13.4. The Bertz CT molecular complexity index is 1250. The molecule has 0 spiro atoms. The molecule has 0 aliphatic carbocycles. The van der Waals surface area contributed by atoms with Crippen LogP contribution in [0.2, 0.25) is 0 Å². The van der Waals surface area contributed by atoms with E-state index >= 15 is 0 Å². The van der Waals surface area contributed by atoms with Gasteiger partial charge in [0.2, 0.25) is 0 Å². The lowest BCUT2D eigenvalue weighted by atomic mass is 10.1. The average molecular weight is 438 g/mol. The zero-order valence-electron chi connectivity index (χ0n) is 18.0. The summed E-state index contributed by atoms with van der Waals surface area (Å²) in [6.07, 6.45) is 1.76. The van der Waals surface area contributed by atoms with Crippen LogP contribution in [0.5, 0.6) is 5.75 Å². The van der Waals surface area contributed by atoms with Crippen molar-refractivity contribution < 1.29 is 14.1 Å². The van der Waals surface area contributed by atoms with Crippen molar-refractivity contribution in [1.29, 1.82) is 0 Å². The van der Waals surface area contributed by atoms with Gasteiger partial charge in [-0.2, -0.15) is 5.10 Å². The van der Waals surface area contributed by atoms with Crippen LogP contribution in [-0.4, -0.2) is 25.8 Å². The molecule has 4 rings (SSSR count). The molecule has 31 heavy (non-hydrogen) atoms. The molecule has 1 aromatic carbocycles. The molecule has 0 saturated heterocycles. The molecule has 8 nitrogen and oxygen atoms in total. The lowest BCUT2D eigenvalue weighted by Gasteiger charge is -2.11. The summed E-state index contributed by atoms with van der Waals surface area (Å²) in [6, 6.07) is 5.87. The Labute approximate surface area is 183 Å². The number of thiazole rings is 1. The Morgan fingerprint density at radius 2 is 2.06 bits per heavy atom. The van der Waals surface area contributed by atoms with Gasteiger partial charge in [-0.1, -0.05) is 17.3 Å². The number of carbonyl (C=O) groups is 1. The molecule has 0 saturated carbocycles. The molecule has 4 aromatic rings. The molecule has 0 atom stereocenters. The largest absolute Gasteiger partial charge is 0.488 e. The number of aromatic nitrogens is 4. The van der Waals surface area contributed by atoms with Crippen LogP contribution in [0.3, 0.4) is 0 Å². The summed E-state index contributed by atoms with van der Waals surface area (Å²) in [5.41, 5.74) is 5.70. The first kappa shape index (κ1) is 20.8. The van der Waals surface area contributed by atoms with Gasteiger partial charge >= 0.3 is 0 Å². The summed E-state index contributed by atoms with van der Waals surface area (Å²) in [7, 11) is 1.88. The van der Waals surface area contributed by atoms with Crippen molar-refractivity contribution in [3.63, 3.8) is 0 Å². The fraction of sp³-hybridized carbons (Fsp3) is 0.273. The van der Waals surface area contributed by atoms with Crippen LogP contribution < -0.4 is 10.1 Å². The number of nitrogens with one attached hydrogen (secondary N) is 1. The molecule has 9 heteroatoms. The minimum Gasteiger partial charge on any atom is -0.488 e. The van der Waals surface area contributed by atoms with E-state index in [1.807, 2.05) is 51.4 Å². The third-order valence-corrected chi connectivity index (χ3v) is 6.12. The molecule has 0 fully saturated rings. The van der Waals surface area contributed by atoms with E-state index in [4.69, 9.17) is 9.26 Å². The van der Waals surface area contributed by atoms with Crippen LogP contribution in [0, 0.1) is 27.7 Å². The van der Waals surface area contributed by atoms with E-state index in [9.17, 15) is 4.79 Å². The van der Waals surface area contributed by atoms with Crippen molar-refractivity contribution in [2.75, 3.05) is 5.32 Å². The van der Waals surface area contributed by atoms with Gasteiger partial charge in [-0.05, 0) is 44.9 Å². The summed E-state index contributed by atoms with van der Waals surface area (Å²) in [4.78, 5) is 17.4. The van der Waals surface area contributed by atoms with Crippen molar-refractivity contribution in [2.24, 2.45) is 7.05 Å².